The van der Waals surface area contributed by atoms with Gasteiger partial charge in [0.2, 0.25) is 10.0 Å². The quantitative estimate of drug-likeness (QED) is 0.646. The molecule has 0 bridgehead atoms. The van der Waals surface area contributed by atoms with E-state index < -0.39 is 10.0 Å². The number of nitrogens with one attached hydrogen (secondary N) is 1. The van der Waals surface area contributed by atoms with Gasteiger partial charge in [-0.05, 0) is 44.7 Å². The van der Waals surface area contributed by atoms with E-state index in [4.69, 9.17) is 4.74 Å². The van der Waals surface area contributed by atoms with Crippen molar-refractivity contribution in [2.45, 2.75) is 32.6 Å². The molecule has 0 aromatic rings. The van der Waals surface area contributed by atoms with Crippen LogP contribution >= 0.6 is 0 Å². The summed E-state index contributed by atoms with van der Waals surface area (Å²) < 4.78 is 31.1. The van der Waals surface area contributed by atoms with Gasteiger partial charge in [0.05, 0.1) is 5.75 Å². The van der Waals surface area contributed by atoms with Gasteiger partial charge in [0.15, 0.2) is 0 Å². The van der Waals surface area contributed by atoms with Gasteiger partial charge in [0.25, 0.3) is 0 Å². The van der Waals surface area contributed by atoms with E-state index in [2.05, 4.69) is 12.2 Å². The molecule has 1 rings (SSSR count). The van der Waals surface area contributed by atoms with Gasteiger partial charge in [-0.15, -0.1) is 0 Å². The summed E-state index contributed by atoms with van der Waals surface area (Å²) in [5.74, 6) is 0.804. The Balaban J connectivity index is 2.26. The van der Waals surface area contributed by atoms with Crippen molar-refractivity contribution in [1.29, 1.82) is 0 Å². The number of rotatable bonds is 9. The highest BCUT2D eigenvalue weighted by Crippen LogP contribution is 2.20. The molecule has 0 aromatic carbocycles. The molecule has 0 radical (unpaired) electrons. The Morgan fingerprint density at radius 1 is 1.26 bits per heavy atom. The van der Waals surface area contributed by atoms with Crippen LogP contribution in [0.3, 0.4) is 0 Å². The van der Waals surface area contributed by atoms with E-state index in [0.29, 0.717) is 19.0 Å². The average Bonchev–Trinajstić information content (AvgIpc) is 2.39. The van der Waals surface area contributed by atoms with Crippen LogP contribution in [0.15, 0.2) is 0 Å². The molecule has 0 saturated carbocycles. The molecule has 5 nitrogen and oxygen atoms in total. The van der Waals surface area contributed by atoms with Crippen molar-refractivity contribution in [3.05, 3.63) is 0 Å². The molecule has 1 N–H and O–H groups in total. The van der Waals surface area contributed by atoms with E-state index >= 15 is 0 Å². The summed E-state index contributed by atoms with van der Waals surface area (Å²) in [5, 5.41) is 3.21. The minimum absolute atomic E-state index is 0.285. The fraction of sp³-hybridized carbons (Fsp3) is 1.00. The van der Waals surface area contributed by atoms with Gasteiger partial charge in [0, 0.05) is 26.8 Å². The van der Waals surface area contributed by atoms with Gasteiger partial charge in [-0.3, -0.25) is 0 Å². The Labute approximate surface area is 117 Å². The molecule has 1 heterocycles. The van der Waals surface area contributed by atoms with E-state index in [1.807, 2.05) is 0 Å². The zero-order valence-corrected chi connectivity index (χ0v) is 13.0. The first-order chi connectivity index (χ1) is 9.10. The van der Waals surface area contributed by atoms with Gasteiger partial charge in [-0.1, -0.05) is 6.92 Å². The number of hydrogen-bond acceptors (Lipinski definition) is 4. The van der Waals surface area contributed by atoms with Crippen LogP contribution in [0, 0.1) is 5.92 Å². The van der Waals surface area contributed by atoms with E-state index in [1.165, 1.54) is 0 Å². The second kappa shape index (κ2) is 8.89. The summed E-state index contributed by atoms with van der Waals surface area (Å²) in [6.45, 7) is 5.96. The summed E-state index contributed by atoms with van der Waals surface area (Å²) >= 11 is 0. The minimum Gasteiger partial charge on any atom is -0.384 e. The number of methoxy groups -OCH3 is 1. The molecule has 0 aliphatic carbocycles. The van der Waals surface area contributed by atoms with Crippen LogP contribution in [0.2, 0.25) is 0 Å². The Morgan fingerprint density at radius 3 is 2.53 bits per heavy atom. The minimum atomic E-state index is -3.04. The van der Waals surface area contributed by atoms with Crippen LogP contribution in [-0.2, 0) is 14.8 Å². The van der Waals surface area contributed by atoms with E-state index in [0.717, 1.165) is 45.4 Å². The first-order valence-corrected chi connectivity index (χ1v) is 8.88. The van der Waals surface area contributed by atoms with Crippen LogP contribution in [0.25, 0.3) is 0 Å². The normalized spacial score (nSPS) is 18.8. The van der Waals surface area contributed by atoms with Crippen molar-refractivity contribution in [1.82, 2.24) is 9.62 Å². The molecular weight excluding hydrogens is 264 g/mol. The van der Waals surface area contributed by atoms with Gasteiger partial charge < -0.3 is 10.1 Å². The molecule has 6 heteroatoms. The second-order valence-corrected chi connectivity index (χ2v) is 7.26. The molecule has 1 aliphatic rings. The predicted molar refractivity (Wildman–Crippen MR) is 77.7 cm³/mol. The second-order valence-electron chi connectivity index (χ2n) is 5.17. The number of sulfonamides is 1. The summed E-state index contributed by atoms with van der Waals surface area (Å²) in [5.41, 5.74) is 0. The molecule has 1 saturated heterocycles. The Kier molecular flexibility index (Phi) is 7.90. The highest BCUT2D eigenvalue weighted by atomic mass is 32.2. The molecule has 114 valence electrons. The summed E-state index contributed by atoms with van der Waals surface area (Å²) in [6.07, 6.45) is 3.51. The number of piperidine rings is 1. The lowest BCUT2D eigenvalue weighted by molar-refractivity contribution is 0.121. The van der Waals surface area contributed by atoms with E-state index in [1.54, 1.807) is 11.4 Å². The summed E-state index contributed by atoms with van der Waals surface area (Å²) in [7, 11) is -1.34. The van der Waals surface area contributed by atoms with Gasteiger partial charge in [0.1, 0.15) is 0 Å². The van der Waals surface area contributed by atoms with Crippen LogP contribution < -0.4 is 5.32 Å². The number of nitrogens with zero attached hydrogens (tertiary/aromatic N) is 1. The maximum atomic E-state index is 12.2. The van der Waals surface area contributed by atoms with Gasteiger partial charge in [-0.25, -0.2) is 12.7 Å². The van der Waals surface area contributed by atoms with Crippen molar-refractivity contribution in [2.24, 2.45) is 5.92 Å². The largest absolute Gasteiger partial charge is 0.384 e. The Hall–Kier alpha value is -0.170. The fourth-order valence-corrected chi connectivity index (χ4v) is 4.02. The zero-order valence-electron chi connectivity index (χ0n) is 12.2. The highest BCUT2D eigenvalue weighted by molar-refractivity contribution is 7.89. The lowest BCUT2D eigenvalue weighted by atomic mass is 9.99. The molecule has 0 atom stereocenters. The van der Waals surface area contributed by atoms with Crippen LogP contribution in [0.4, 0.5) is 0 Å². The van der Waals surface area contributed by atoms with Crippen molar-refractivity contribution < 1.29 is 13.2 Å². The summed E-state index contributed by atoms with van der Waals surface area (Å²) in [6, 6.07) is 0. The lowest BCUT2D eigenvalue weighted by Crippen LogP contribution is -2.40. The topological polar surface area (TPSA) is 58.6 Å². The predicted octanol–water partition coefficient (Wildman–Crippen LogP) is 1.06. The molecule has 0 unspecified atom stereocenters. The van der Waals surface area contributed by atoms with Crippen molar-refractivity contribution >= 4 is 10.0 Å². The molecular formula is C13H28N2O3S. The third kappa shape index (κ3) is 6.21. The molecule has 1 aliphatic heterocycles. The van der Waals surface area contributed by atoms with Gasteiger partial charge >= 0.3 is 0 Å². The fourth-order valence-electron chi connectivity index (χ4n) is 2.43. The molecule has 1 fully saturated rings. The van der Waals surface area contributed by atoms with Crippen LogP contribution in [0.1, 0.15) is 32.6 Å². The summed E-state index contributed by atoms with van der Waals surface area (Å²) in [4.78, 5) is 0. The van der Waals surface area contributed by atoms with Gasteiger partial charge in [-0.2, -0.15) is 0 Å². The van der Waals surface area contributed by atoms with Crippen molar-refractivity contribution in [2.75, 3.05) is 45.6 Å². The van der Waals surface area contributed by atoms with E-state index in [-0.39, 0.29) is 5.75 Å². The Morgan fingerprint density at radius 2 is 1.95 bits per heavy atom. The molecule has 19 heavy (non-hydrogen) atoms. The maximum Gasteiger partial charge on any atom is 0.214 e. The molecule has 0 amide bonds. The Bertz CT molecular complexity index is 325. The zero-order chi connectivity index (χ0) is 14.1. The SMILES string of the molecule is CCNCCCCS(=O)(=O)N1CCC(COC)CC1. The van der Waals surface area contributed by atoms with Crippen molar-refractivity contribution in [3.63, 3.8) is 0 Å². The molecule has 0 aromatic heterocycles. The standard InChI is InChI=1S/C13H28N2O3S/c1-3-14-8-4-5-11-19(16,17)15-9-6-13(7-10-15)12-18-2/h13-14H,3-12H2,1-2H3. The third-order valence-electron chi connectivity index (χ3n) is 3.63. The third-order valence-corrected chi connectivity index (χ3v) is 5.58. The number of ether oxygens (including phenoxy) is 1. The monoisotopic (exact) mass is 292 g/mol. The average molecular weight is 292 g/mol. The highest BCUT2D eigenvalue weighted by Gasteiger charge is 2.27. The molecule has 0 spiro atoms. The number of hydrogen-bond donors (Lipinski definition) is 1. The first kappa shape index (κ1) is 16.9. The van der Waals surface area contributed by atoms with Crippen LogP contribution in [-0.4, -0.2) is 58.4 Å². The number of unbranched alkanes of at least 4 members (excludes halogenated alkanes) is 1. The van der Waals surface area contributed by atoms with E-state index in [9.17, 15) is 8.42 Å². The van der Waals surface area contributed by atoms with Crippen LogP contribution in [0.5, 0.6) is 0 Å². The first-order valence-electron chi connectivity index (χ1n) is 7.27. The maximum absolute atomic E-state index is 12.2. The lowest BCUT2D eigenvalue weighted by Gasteiger charge is -2.30. The van der Waals surface area contributed by atoms with Crippen molar-refractivity contribution in [3.8, 4) is 0 Å². The smallest absolute Gasteiger partial charge is 0.214 e.